The van der Waals surface area contributed by atoms with Crippen LogP contribution in [0.4, 0.5) is 5.82 Å². The highest BCUT2D eigenvalue weighted by Gasteiger charge is 2.24. The summed E-state index contributed by atoms with van der Waals surface area (Å²) in [6, 6.07) is 6.79. The molecule has 2 fully saturated rings. The molecular formula is C22H22N4OS. The van der Waals surface area contributed by atoms with Gasteiger partial charge < -0.3 is 10.6 Å². The molecule has 0 unspecified atom stereocenters. The molecule has 0 radical (unpaired) electrons. The van der Waals surface area contributed by atoms with Gasteiger partial charge in [-0.15, -0.1) is 11.3 Å². The zero-order valence-electron chi connectivity index (χ0n) is 15.7. The van der Waals surface area contributed by atoms with E-state index in [1.807, 2.05) is 18.2 Å². The first-order chi connectivity index (χ1) is 13.7. The van der Waals surface area contributed by atoms with Crippen LogP contribution >= 0.6 is 11.3 Å². The lowest BCUT2D eigenvalue weighted by Gasteiger charge is -2.06. The van der Waals surface area contributed by atoms with Gasteiger partial charge in [-0.2, -0.15) is 0 Å². The zero-order chi connectivity index (χ0) is 19.1. The Hall–Kier alpha value is -2.73. The highest BCUT2D eigenvalue weighted by atomic mass is 32.1. The van der Waals surface area contributed by atoms with E-state index in [-0.39, 0.29) is 5.91 Å². The number of carbonyl (C=O) groups excluding carboxylic acids is 1. The summed E-state index contributed by atoms with van der Waals surface area (Å²) in [5.41, 5.74) is 4.95. The van der Waals surface area contributed by atoms with Crippen molar-refractivity contribution >= 4 is 45.4 Å². The number of thiophene rings is 1. The minimum Gasteiger partial charge on any atom is -0.366 e. The Morgan fingerprint density at radius 3 is 2.68 bits per heavy atom. The molecule has 2 aliphatic rings. The molecule has 28 heavy (non-hydrogen) atoms. The van der Waals surface area contributed by atoms with Crippen molar-refractivity contribution in [1.82, 2.24) is 15.3 Å². The number of benzene rings is 1. The number of anilines is 1. The summed E-state index contributed by atoms with van der Waals surface area (Å²) in [6.07, 6.45) is 10.4. The Bertz CT molecular complexity index is 1080. The number of fused-ring (bicyclic) bond motifs is 1. The number of aryl methyl sites for hydroxylation is 1. The van der Waals surface area contributed by atoms with Crippen LogP contribution in [0.15, 0.2) is 29.9 Å². The van der Waals surface area contributed by atoms with Gasteiger partial charge >= 0.3 is 0 Å². The number of aromatic nitrogens is 2. The normalized spacial score (nSPS) is 16.6. The lowest BCUT2D eigenvalue weighted by Crippen LogP contribution is -2.25. The van der Waals surface area contributed by atoms with Gasteiger partial charge in [-0.1, -0.05) is 18.2 Å². The third-order valence-corrected chi connectivity index (χ3v) is 6.19. The molecule has 0 aliphatic heterocycles. The molecule has 5 rings (SSSR count). The fourth-order valence-electron chi connectivity index (χ4n) is 3.15. The van der Waals surface area contributed by atoms with Crippen molar-refractivity contribution in [3.05, 3.63) is 52.2 Å². The van der Waals surface area contributed by atoms with Crippen molar-refractivity contribution in [2.45, 2.75) is 44.7 Å². The van der Waals surface area contributed by atoms with Crippen molar-refractivity contribution in [1.29, 1.82) is 0 Å². The minimum atomic E-state index is 0.0154. The maximum Gasteiger partial charge on any atom is 0.251 e. The quantitative estimate of drug-likeness (QED) is 0.644. The molecule has 0 bridgehead atoms. The Labute approximate surface area is 167 Å². The molecule has 2 heterocycles. The van der Waals surface area contributed by atoms with Crippen LogP contribution in [0.5, 0.6) is 0 Å². The second-order valence-electron chi connectivity index (χ2n) is 7.66. The first-order valence-electron chi connectivity index (χ1n) is 9.76. The van der Waals surface area contributed by atoms with E-state index in [1.54, 1.807) is 17.7 Å². The van der Waals surface area contributed by atoms with E-state index >= 15 is 0 Å². The van der Waals surface area contributed by atoms with Crippen molar-refractivity contribution in [2.24, 2.45) is 0 Å². The summed E-state index contributed by atoms with van der Waals surface area (Å²) in [6.45, 7) is 2.06. The summed E-state index contributed by atoms with van der Waals surface area (Å²) in [4.78, 5) is 21.2. The minimum absolute atomic E-state index is 0.0154. The maximum absolute atomic E-state index is 12.3. The molecule has 0 saturated heterocycles. The second kappa shape index (κ2) is 7.02. The predicted octanol–water partition coefficient (Wildman–Crippen LogP) is 4.64. The van der Waals surface area contributed by atoms with Gasteiger partial charge in [-0.3, -0.25) is 4.79 Å². The highest BCUT2D eigenvalue weighted by molar-refractivity contribution is 7.18. The Balaban J connectivity index is 1.41. The van der Waals surface area contributed by atoms with Crippen LogP contribution in [0.25, 0.3) is 22.4 Å². The number of nitrogens with zero attached hydrogens (tertiary/aromatic N) is 2. The second-order valence-corrected chi connectivity index (χ2v) is 8.54. The molecule has 2 N–H and O–H groups in total. The van der Waals surface area contributed by atoms with Gasteiger partial charge in [-0.05, 0) is 55.9 Å². The van der Waals surface area contributed by atoms with Crippen LogP contribution in [0.2, 0.25) is 0 Å². The summed E-state index contributed by atoms with van der Waals surface area (Å²) in [5, 5.41) is 8.66. The summed E-state index contributed by atoms with van der Waals surface area (Å²) >= 11 is 1.67. The van der Waals surface area contributed by atoms with Gasteiger partial charge in [-0.25, -0.2) is 9.97 Å². The van der Waals surface area contributed by atoms with E-state index in [0.717, 1.165) is 45.6 Å². The van der Waals surface area contributed by atoms with Crippen molar-refractivity contribution < 1.29 is 4.79 Å². The standard InChI is InChI=1S/C22H22N4OS/c1-13-2-3-15(22(27)26-18-8-9-18)10-14(13)4-5-16-11-28-20-19(16)23-12-24-21(20)25-17-6-7-17/h2-5,10-12,17-18H,6-9H2,1H3,(H,26,27)(H,23,24,25). The number of nitrogens with one attached hydrogen (secondary N) is 2. The molecule has 142 valence electrons. The molecule has 5 nitrogen and oxygen atoms in total. The molecule has 6 heteroatoms. The monoisotopic (exact) mass is 390 g/mol. The van der Waals surface area contributed by atoms with Gasteiger partial charge in [0.1, 0.15) is 12.1 Å². The lowest BCUT2D eigenvalue weighted by atomic mass is 10.0. The van der Waals surface area contributed by atoms with Crippen LogP contribution in [-0.4, -0.2) is 28.0 Å². The van der Waals surface area contributed by atoms with Gasteiger partial charge in [0.15, 0.2) is 0 Å². The fourth-order valence-corrected chi connectivity index (χ4v) is 4.09. The van der Waals surface area contributed by atoms with E-state index in [0.29, 0.717) is 17.6 Å². The highest BCUT2D eigenvalue weighted by Crippen LogP contribution is 2.33. The molecule has 0 atom stereocenters. The third-order valence-electron chi connectivity index (χ3n) is 5.20. The van der Waals surface area contributed by atoms with E-state index in [1.165, 1.54) is 12.8 Å². The Kier molecular flexibility index (Phi) is 4.36. The van der Waals surface area contributed by atoms with Crippen LogP contribution in [0.1, 0.15) is 52.7 Å². The van der Waals surface area contributed by atoms with Gasteiger partial charge in [0.25, 0.3) is 5.91 Å². The molecule has 2 aliphatic carbocycles. The van der Waals surface area contributed by atoms with Crippen LogP contribution < -0.4 is 10.6 Å². The van der Waals surface area contributed by atoms with Crippen molar-refractivity contribution in [3.8, 4) is 0 Å². The van der Waals surface area contributed by atoms with E-state index < -0.39 is 0 Å². The number of amides is 1. The molecule has 1 aromatic carbocycles. The third kappa shape index (κ3) is 3.64. The Morgan fingerprint density at radius 1 is 1.11 bits per heavy atom. The lowest BCUT2D eigenvalue weighted by molar-refractivity contribution is 0.0951. The molecule has 2 saturated carbocycles. The molecular weight excluding hydrogens is 368 g/mol. The van der Waals surface area contributed by atoms with Crippen LogP contribution in [-0.2, 0) is 0 Å². The summed E-state index contributed by atoms with van der Waals surface area (Å²) < 4.78 is 1.10. The van der Waals surface area contributed by atoms with Crippen LogP contribution in [0, 0.1) is 6.92 Å². The van der Waals surface area contributed by atoms with E-state index in [2.05, 4.69) is 45.1 Å². The average molecular weight is 391 g/mol. The van der Waals surface area contributed by atoms with E-state index in [4.69, 9.17) is 0 Å². The molecule has 2 aromatic heterocycles. The maximum atomic E-state index is 12.3. The average Bonchev–Trinajstić information content (AvgIpc) is 3.62. The predicted molar refractivity (Wildman–Crippen MR) is 115 cm³/mol. The smallest absolute Gasteiger partial charge is 0.251 e. The van der Waals surface area contributed by atoms with Crippen LogP contribution in [0.3, 0.4) is 0 Å². The van der Waals surface area contributed by atoms with Crippen molar-refractivity contribution in [3.63, 3.8) is 0 Å². The van der Waals surface area contributed by atoms with Crippen molar-refractivity contribution in [2.75, 3.05) is 5.32 Å². The summed E-state index contributed by atoms with van der Waals surface area (Å²) in [7, 11) is 0. The summed E-state index contributed by atoms with van der Waals surface area (Å²) in [5.74, 6) is 0.953. The SMILES string of the molecule is Cc1ccc(C(=O)NC2CC2)cc1C=Cc1csc2c(NC3CC3)ncnc12. The number of rotatable bonds is 6. The van der Waals surface area contributed by atoms with E-state index in [9.17, 15) is 4.79 Å². The Morgan fingerprint density at radius 2 is 1.89 bits per heavy atom. The fraction of sp³-hybridized carbons (Fsp3) is 0.318. The van der Waals surface area contributed by atoms with Gasteiger partial charge in [0, 0.05) is 28.6 Å². The number of carbonyl (C=O) groups is 1. The van der Waals surface area contributed by atoms with Gasteiger partial charge in [0.05, 0.1) is 10.2 Å². The molecule has 3 aromatic rings. The topological polar surface area (TPSA) is 66.9 Å². The zero-order valence-corrected chi connectivity index (χ0v) is 16.6. The number of hydrogen-bond acceptors (Lipinski definition) is 5. The first-order valence-corrected chi connectivity index (χ1v) is 10.6. The van der Waals surface area contributed by atoms with Gasteiger partial charge in [0.2, 0.25) is 0 Å². The molecule has 0 spiro atoms. The number of hydrogen-bond donors (Lipinski definition) is 2. The molecule has 1 amide bonds. The largest absolute Gasteiger partial charge is 0.366 e. The first kappa shape index (κ1) is 17.4.